The molecule has 0 spiro atoms. The summed E-state index contributed by atoms with van der Waals surface area (Å²) in [6.45, 7) is 0. The van der Waals surface area contributed by atoms with Crippen LogP contribution in [0, 0.1) is 0 Å². The van der Waals surface area contributed by atoms with Gasteiger partial charge >= 0.3 is 0 Å². The fourth-order valence-corrected chi connectivity index (χ4v) is 2.38. The smallest absolute Gasteiger partial charge is 0.294 e. The summed E-state index contributed by atoms with van der Waals surface area (Å²) in [5.41, 5.74) is 2.64. The molecule has 0 aliphatic heterocycles. The monoisotopic (exact) mass is 346 g/mol. The Morgan fingerprint density at radius 1 is 1.08 bits per heavy atom. The van der Waals surface area contributed by atoms with E-state index in [0.717, 1.165) is 5.56 Å². The molecule has 0 radical (unpaired) electrons. The molecule has 0 aliphatic carbocycles. The first-order valence-electron chi connectivity index (χ1n) is 7.84. The average molecular weight is 346 g/mol. The topological polar surface area (TPSA) is 98.7 Å². The Labute approximate surface area is 148 Å². The molecule has 3 aromatic heterocycles. The van der Waals surface area contributed by atoms with Crippen LogP contribution in [0.25, 0.3) is 22.8 Å². The van der Waals surface area contributed by atoms with Crippen molar-refractivity contribution in [1.82, 2.24) is 24.9 Å². The van der Waals surface area contributed by atoms with Gasteiger partial charge in [0.15, 0.2) is 5.82 Å². The predicted molar refractivity (Wildman–Crippen MR) is 94.1 cm³/mol. The van der Waals surface area contributed by atoms with Crippen LogP contribution in [0.4, 0.5) is 5.69 Å². The minimum atomic E-state index is -0.386. The Morgan fingerprint density at radius 3 is 2.62 bits per heavy atom. The van der Waals surface area contributed by atoms with Gasteiger partial charge in [-0.2, -0.15) is 5.10 Å². The van der Waals surface area contributed by atoms with Crippen molar-refractivity contribution in [3.8, 4) is 22.8 Å². The molecule has 4 rings (SSSR count). The zero-order valence-corrected chi connectivity index (χ0v) is 13.8. The van der Waals surface area contributed by atoms with E-state index in [9.17, 15) is 4.79 Å². The van der Waals surface area contributed by atoms with Crippen molar-refractivity contribution >= 4 is 11.6 Å². The number of pyridine rings is 1. The molecular formula is C18H14N6O2. The summed E-state index contributed by atoms with van der Waals surface area (Å²) in [6.07, 6.45) is 3.29. The van der Waals surface area contributed by atoms with Crippen molar-refractivity contribution < 1.29 is 9.32 Å². The molecule has 128 valence electrons. The minimum Gasteiger partial charge on any atom is -0.350 e. The number of nitrogens with zero attached hydrogens (tertiary/aromatic N) is 5. The lowest BCUT2D eigenvalue weighted by Crippen LogP contribution is -2.10. The third-order valence-electron chi connectivity index (χ3n) is 3.66. The number of carbonyl (C=O) groups excluding carboxylic acids is 1. The van der Waals surface area contributed by atoms with E-state index in [-0.39, 0.29) is 11.7 Å². The van der Waals surface area contributed by atoms with Crippen LogP contribution in [-0.4, -0.2) is 30.8 Å². The van der Waals surface area contributed by atoms with Gasteiger partial charge in [0.25, 0.3) is 5.91 Å². The third kappa shape index (κ3) is 3.20. The van der Waals surface area contributed by atoms with Crippen molar-refractivity contribution in [3.05, 3.63) is 66.8 Å². The maximum absolute atomic E-state index is 12.3. The second kappa shape index (κ2) is 6.60. The third-order valence-corrected chi connectivity index (χ3v) is 3.66. The second-order valence-corrected chi connectivity index (χ2v) is 5.56. The molecule has 0 bridgehead atoms. The van der Waals surface area contributed by atoms with Crippen LogP contribution in [-0.2, 0) is 7.05 Å². The highest BCUT2D eigenvalue weighted by molar-refractivity contribution is 6.02. The number of rotatable bonds is 4. The Balaban J connectivity index is 1.47. The summed E-state index contributed by atoms with van der Waals surface area (Å²) < 4.78 is 6.76. The minimum absolute atomic E-state index is 0.112. The SMILES string of the molecule is Cn1cnc(-c2ccc(NC(=O)c3cc(-c4ccccn4)no3)cc2)n1. The van der Waals surface area contributed by atoms with Crippen LogP contribution < -0.4 is 5.32 Å². The van der Waals surface area contributed by atoms with Crippen molar-refractivity contribution in [2.24, 2.45) is 7.05 Å². The standard InChI is InChI=1S/C18H14N6O2/c1-24-11-20-17(22-24)12-5-7-13(8-6-12)21-18(25)16-10-15(23-26-16)14-4-2-3-9-19-14/h2-11H,1H3,(H,21,25). The zero-order valence-electron chi connectivity index (χ0n) is 13.8. The highest BCUT2D eigenvalue weighted by Gasteiger charge is 2.15. The van der Waals surface area contributed by atoms with E-state index >= 15 is 0 Å². The fraction of sp³-hybridized carbons (Fsp3) is 0.0556. The molecular weight excluding hydrogens is 332 g/mol. The largest absolute Gasteiger partial charge is 0.350 e. The molecule has 4 aromatic rings. The van der Waals surface area contributed by atoms with Crippen LogP contribution in [0.2, 0.25) is 0 Å². The first kappa shape index (κ1) is 15.7. The van der Waals surface area contributed by atoms with Gasteiger partial charge in [-0.15, -0.1) is 0 Å². The van der Waals surface area contributed by atoms with E-state index in [4.69, 9.17) is 4.52 Å². The Morgan fingerprint density at radius 2 is 1.92 bits per heavy atom. The first-order chi connectivity index (χ1) is 12.7. The Kier molecular flexibility index (Phi) is 3.98. The van der Waals surface area contributed by atoms with Gasteiger partial charge in [-0.05, 0) is 36.4 Å². The van der Waals surface area contributed by atoms with Gasteiger partial charge in [0.2, 0.25) is 5.76 Å². The van der Waals surface area contributed by atoms with Gasteiger partial charge < -0.3 is 9.84 Å². The molecule has 0 saturated heterocycles. The number of anilines is 1. The predicted octanol–water partition coefficient (Wildman–Crippen LogP) is 2.78. The number of hydrogen-bond acceptors (Lipinski definition) is 6. The van der Waals surface area contributed by atoms with E-state index in [1.807, 2.05) is 25.2 Å². The molecule has 0 atom stereocenters. The number of aromatic nitrogens is 5. The average Bonchev–Trinajstić information content (AvgIpc) is 3.32. The highest BCUT2D eigenvalue weighted by atomic mass is 16.5. The number of hydrogen-bond donors (Lipinski definition) is 1. The maximum atomic E-state index is 12.3. The number of benzene rings is 1. The maximum Gasteiger partial charge on any atom is 0.294 e. The molecule has 26 heavy (non-hydrogen) atoms. The fourth-order valence-electron chi connectivity index (χ4n) is 2.38. The molecule has 1 amide bonds. The number of carbonyl (C=O) groups is 1. The quantitative estimate of drug-likeness (QED) is 0.610. The Hall–Kier alpha value is -3.81. The van der Waals surface area contributed by atoms with Crippen LogP contribution >= 0.6 is 0 Å². The van der Waals surface area contributed by atoms with E-state index < -0.39 is 0 Å². The molecule has 1 N–H and O–H groups in total. The summed E-state index contributed by atoms with van der Waals surface area (Å²) in [5.74, 6) is 0.352. The molecule has 1 aromatic carbocycles. The van der Waals surface area contributed by atoms with Crippen LogP contribution in [0.5, 0.6) is 0 Å². The molecule has 0 unspecified atom stereocenters. The zero-order chi connectivity index (χ0) is 17.9. The number of amides is 1. The van der Waals surface area contributed by atoms with Crippen LogP contribution in [0.15, 0.2) is 65.6 Å². The molecule has 8 heteroatoms. The van der Waals surface area contributed by atoms with Gasteiger partial charge in [-0.1, -0.05) is 11.2 Å². The lowest BCUT2D eigenvalue weighted by atomic mass is 10.2. The van der Waals surface area contributed by atoms with E-state index in [2.05, 4.69) is 25.5 Å². The van der Waals surface area contributed by atoms with Gasteiger partial charge in [0.05, 0.1) is 5.69 Å². The molecule has 8 nitrogen and oxygen atoms in total. The molecule has 0 saturated carbocycles. The van der Waals surface area contributed by atoms with Crippen molar-refractivity contribution in [3.63, 3.8) is 0 Å². The molecule has 3 heterocycles. The first-order valence-corrected chi connectivity index (χ1v) is 7.84. The van der Waals surface area contributed by atoms with E-state index in [1.165, 1.54) is 0 Å². The van der Waals surface area contributed by atoms with Crippen molar-refractivity contribution in [2.45, 2.75) is 0 Å². The van der Waals surface area contributed by atoms with Gasteiger partial charge in [0, 0.05) is 30.6 Å². The summed E-state index contributed by atoms with van der Waals surface area (Å²) >= 11 is 0. The normalized spacial score (nSPS) is 10.7. The summed E-state index contributed by atoms with van der Waals surface area (Å²) in [4.78, 5) is 20.7. The second-order valence-electron chi connectivity index (χ2n) is 5.56. The van der Waals surface area contributed by atoms with Crippen LogP contribution in [0.3, 0.4) is 0 Å². The van der Waals surface area contributed by atoms with Crippen LogP contribution in [0.1, 0.15) is 10.6 Å². The summed E-state index contributed by atoms with van der Waals surface area (Å²) in [6, 6.07) is 14.2. The number of nitrogens with one attached hydrogen (secondary N) is 1. The Bertz CT molecular complexity index is 1040. The number of aryl methyl sites for hydroxylation is 1. The molecule has 0 fully saturated rings. The van der Waals surface area contributed by atoms with Gasteiger partial charge in [-0.25, -0.2) is 4.98 Å². The van der Waals surface area contributed by atoms with E-state index in [1.54, 1.807) is 47.5 Å². The van der Waals surface area contributed by atoms with Crippen molar-refractivity contribution in [2.75, 3.05) is 5.32 Å². The lowest BCUT2D eigenvalue weighted by molar-refractivity contribution is 0.0988. The van der Waals surface area contributed by atoms with Gasteiger partial charge in [-0.3, -0.25) is 14.5 Å². The van der Waals surface area contributed by atoms with E-state index in [0.29, 0.717) is 22.9 Å². The summed E-state index contributed by atoms with van der Waals surface area (Å²) in [5, 5.41) is 10.9. The van der Waals surface area contributed by atoms with Gasteiger partial charge in [0.1, 0.15) is 12.0 Å². The van der Waals surface area contributed by atoms with Crippen molar-refractivity contribution in [1.29, 1.82) is 0 Å². The summed E-state index contributed by atoms with van der Waals surface area (Å²) in [7, 11) is 1.81. The molecule has 0 aliphatic rings. The lowest BCUT2D eigenvalue weighted by Gasteiger charge is -2.03. The highest BCUT2D eigenvalue weighted by Crippen LogP contribution is 2.20.